The molecule has 1 fully saturated rings. The molecule has 0 aromatic heterocycles. The van der Waals surface area contributed by atoms with Crippen LogP contribution in [-0.2, 0) is 6.54 Å². The average Bonchev–Trinajstić information content (AvgIpc) is 2.97. The van der Waals surface area contributed by atoms with Gasteiger partial charge in [0, 0.05) is 44.0 Å². The quantitative estimate of drug-likeness (QED) is 0.799. The monoisotopic (exact) mass is 330 g/mol. The zero-order valence-corrected chi connectivity index (χ0v) is 15.0. The van der Waals surface area contributed by atoms with Crippen LogP contribution in [0.2, 0.25) is 0 Å². The molecule has 0 unspecified atom stereocenters. The Bertz CT molecular complexity index is 568. The number of amides is 1. The molecule has 24 heavy (non-hydrogen) atoms. The van der Waals surface area contributed by atoms with Crippen LogP contribution in [0.15, 0.2) is 18.2 Å². The molecule has 5 nitrogen and oxygen atoms in total. The molecule has 2 aliphatic heterocycles. The highest BCUT2D eigenvalue weighted by Crippen LogP contribution is 2.23. The van der Waals surface area contributed by atoms with Crippen molar-refractivity contribution in [3.05, 3.63) is 29.3 Å². The zero-order chi connectivity index (χ0) is 16.9. The van der Waals surface area contributed by atoms with Crippen molar-refractivity contribution >= 4 is 11.6 Å². The molecule has 2 heterocycles. The topological polar surface area (TPSA) is 47.6 Å². The maximum absolute atomic E-state index is 11.7. The Balaban J connectivity index is 1.53. The number of benzene rings is 1. The van der Waals surface area contributed by atoms with Gasteiger partial charge in [0.05, 0.1) is 0 Å². The van der Waals surface area contributed by atoms with Crippen LogP contribution < -0.4 is 15.5 Å². The van der Waals surface area contributed by atoms with Crippen LogP contribution in [0.25, 0.3) is 0 Å². The van der Waals surface area contributed by atoms with Gasteiger partial charge in [-0.1, -0.05) is 0 Å². The van der Waals surface area contributed by atoms with Crippen molar-refractivity contribution in [3.8, 4) is 0 Å². The predicted molar refractivity (Wildman–Crippen MR) is 98.6 cm³/mol. The number of anilines is 1. The first-order valence-corrected chi connectivity index (χ1v) is 9.22. The van der Waals surface area contributed by atoms with Gasteiger partial charge < -0.3 is 20.4 Å². The number of carbonyl (C=O) groups is 1. The van der Waals surface area contributed by atoms with E-state index in [1.807, 2.05) is 6.07 Å². The van der Waals surface area contributed by atoms with E-state index in [4.69, 9.17) is 0 Å². The maximum atomic E-state index is 11.7. The summed E-state index contributed by atoms with van der Waals surface area (Å²) in [5.74, 6) is 0.893. The number of likely N-dealkylation sites (N-methyl/N-ethyl adjacent to an activating group) is 2. The number of fused-ring (bicyclic) bond motifs is 1. The first-order valence-electron chi connectivity index (χ1n) is 9.22. The number of carbonyl (C=O) groups excluding carboxylic acids is 1. The maximum Gasteiger partial charge on any atom is 0.251 e. The molecule has 1 aromatic rings. The molecule has 0 aliphatic carbocycles. The van der Waals surface area contributed by atoms with Crippen molar-refractivity contribution in [2.45, 2.75) is 26.3 Å². The summed E-state index contributed by atoms with van der Waals surface area (Å²) >= 11 is 0. The van der Waals surface area contributed by atoms with Gasteiger partial charge >= 0.3 is 0 Å². The minimum atomic E-state index is 0.0568. The highest BCUT2D eigenvalue weighted by molar-refractivity contribution is 5.98. The van der Waals surface area contributed by atoms with Crippen molar-refractivity contribution in [2.24, 2.45) is 5.92 Å². The lowest BCUT2D eigenvalue weighted by Gasteiger charge is -2.30. The number of hydrogen-bond acceptors (Lipinski definition) is 4. The van der Waals surface area contributed by atoms with E-state index >= 15 is 0 Å². The SMILES string of the molecule is CCN(CCN(C)CC1CCNCC1)c1ccc2c(c1)CNC2=O. The third-order valence-corrected chi connectivity index (χ3v) is 5.30. The van der Waals surface area contributed by atoms with Crippen LogP contribution in [0, 0.1) is 5.92 Å². The molecule has 0 radical (unpaired) electrons. The van der Waals surface area contributed by atoms with Crippen molar-refractivity contribution < 1.29 is 4.79 Å². The van der Waals surface area contributed by atoms with Crippen LogP contribution in [0.5, 0.6) is 0 Å². The van der Waals surface area contributed by atoms with Crippen molar-refractivity contribution in [1.82, 2.24) is 15.5 Å². The third-order valence-electron chi connectivity index (χ3n) is 5.30. The number of nitrogens with one attached hydrogen (secondary N) is 2. The minimum Gasteiger partial charge on any atom is -0.371 e. The van der Waals surface area contributed by atoms with E-state index in [2.05, 4.69) is 46.5 Å². The summed E-state index contributed by atoms with van der Waals surface area (Å²) in [5.41, 5.74) is 3.18. The van der Waals surface area contributed by atoms with Crippen LogP contribution in [0.1, 0.15) is 35.7 Å². The second kappa shape index (κ2) is 7.99. The molecule has 5 heteroatoms. The lowest BCUT2D eigenvalue weighted by molar-refractivity contribution is 0.0966. The van der Waals surface area contributed by atoms with Gasteiger partial charge in [0.1, 0.15) is 0 Å². The fourth-order valence-corrected chi connectivity index (χ4v) is 3.77. The summed E-state index contributed by atoms with van der Waals surface area (Å²) in [5, 5.41) is 6.33. The lowest BCUT2D eigenvalue weighted by Crippen LogP contribution is -2.38. The molecule has 132 valence electrons. The standard InChI is InChI=1S/C19H30N4O/c1-3-23(11-10-22(2)14-15-6-8-20-9-7-15)17-4-5-18-16(12-17)13-21-19(18)24/h4-5,12,15,20H,3,6-11,13-14H2,1-2H3,(H,21,24). The fraction of sp³-hybridized carbons (Fsp3) is 0.632. The molecule has 2 aliphatic rings. The Morgan fingerprint density at radius 3 is 2.75 bits per heavy atom. The van der Waals surface area contributed by atoms with Gasteiger partial charge in [0.2, 0.25) is 0 Å². The second-order valence-electron chi connectivity index (χ2n) is 7.06. The van der Waals surface area contributed by atoms with E-state index in [9.17, 15) is 4.79 Å². The first kappa shape index (κ1) is 17.2. The van der Waals surface area contributed by atoms with Crippen molar-refractivity contribution in [1.29, 1.82) is 0 Å². The number of piperidine rings is 1. The summed E-state index contributed by atoms with van der Waals surface area (Å²) in [6.07, 6.45) is 2.60. The Labute approximate surface area is 145 Å². The van der Waals surface area contributed by atoms with Crippen molar-refractivity contribution in [2.75, 3.05) is 51.2 Å². The molecule has 1 aromatic carbocycles. The third kappa shape index (κ3) is 4.08. The Hall–Kier alpha value is -1.59. The minimum absolute atomic E-state index is 0.0568. The smallest absolute Gasteiger partial charge is 0.251 e. The summed E-state index contributed by atoms with van der Waals surface area (Å²) in [7, 11) is 2.24. The summed E-state index contributed by atoms with van der Waals surface area (Å²) in [6.45, 7) is 9.48. The van der Waals surface area contributed by atoms with Gasteiger partial charge in [-0.25, -0.2) is 0 Å². The Morgan fingerprint density at radius 1 is 1.21 bits per heavy atom. The lowest BCUT2D eigenvalue weighted by atomic mass is 9.98. The van der Waals surface area contributed by atoms with E-state index < -0.39 is 0 Å². The summed E-state index contributed by atoms with van der Waals surface area (Å²) < 4.78 is 0. The summed E-state index contributed by atoms with van der Waals surface area (Å²) in [4.78, 5) is 16.6. The van der Waals surface area contributed by atoms with Crippen molar-refractivity contribution in [3.63, 3.8) is 0 Å². The molecular formula is C19H30N4O. The van der Waals surface area contributed by atoms with E-state index in [0.29, 0.717) is 6.54 Å². The highest BCUT2D eigenvalue weighted by atomic mass is 16.1. The molecular weight excluding hydrogens is 300 g/mol. The average molecular weight is 330 g/mol. The highest BCUT2D eigenvalue weighted by Gasteiger charge is 2.20. The van der Waals surface area contributed by atoms with E-state index in [0.717, 1.165) is 36.7 Å². The summed E-state index contributed by atoms with van der Waals surface area (Å²) in [6, 6.07) is 6.22. The molecule has 0 atom stereocenters. The van der Waals surface area contributed by atoms with Gasteiger partial charge in [-0.3, -0.25) is 4.79 Å². The normalized spacial score (nSPS) is 17.9. The van der Waals surface area contributed by atoms with E-state index in [1.54, 1.807) is 0 Å². The zero-order valence-electron chi connectivity index (χ0n) is 15.0. The predicted octanol–water partition coefficient (Wildman–Crippen LogP) is 1.69. The van der Waals surface area contributed by atoms with Crippen LogP contribution >= 0.6 is 0 Å². The number of nitrogens with zero attached hydrogens (tertiary/aromatic N) is 2. The molecule has 0 saturated carbocycles. The molecule has 3 rings (SSSR count). The van der Waals surface area contributed by atoms with Crippen LogP contribution in [0.4, 0.5) is 5.69 Å². The van der Waals surface area contributed by atoms with Crippen LogP contribution in [-0.4, -0.2) is 57.1 Å². The first-order chi connectivity index (χ1) is 11.7. The van der Waals surface area contributed by atoms with Gasteiger partial charge in [-0.2, -0.15) is 0 Å². The largest absolute Gasteiger partial charge is 0.371 e. The second-order valence-corrected chi connectivity index (χ2v) is 7.06. The molecule has 1 saturated heterocycles. The van der Waals surface area contributed by atoms with Gasteiger partial charge in [-0.05, 0) is 69.6 Å². The number of rotatable bonds is 7. The van der Waals surface area contributed by atoms with E-state index in [-0.39, 0.29) is 5.91 Å². The Kier molecular flexibility index (Phi) is 5.74. The fourth-order valence-electron chi connectivity index (χ4n) is 3.77. The number of hydrogen-bond donors (Lipinski definition) is 2. The van der Waals surface area contributed by atoms with Crippen LogP contribution in [0.3, 0.4) is 0 Å². The molecule has 0 bridgehead atoms. The Morgan fingerprint density at radius 2 is 2.00 bits per heavy atom. The van der Waals surface area contributed by atoms with Gasteiger partial charge in [-0.15, -0.1) is 0 Å². The molecule has 0 spiro atoms. The molecule has 1 amide bonds. The van der Waals surface area contributed by atoms with Gasteiger partial charge in [0.25, 0.3) is 5.91 Å². The molecule has 2 N–H and O–H groups in total. The van der Waals surface area contributed by atoms with Gasteiger partial charge in [0.15, 0.2) is 0 Å². The van der Waals surface area contributed by atoms with E-state index in [1.165, 1.54) is 38.2 Å².